The molecule has 0 unspecified atom stereocenters. The second-order valence-electron chi connectivity index (χ2n) is 5.56. The van der Waals surface area contributed by atoms with Gasteiger partial charge in [0.15, 0.2) is 0 Å². The Labute approximate surface area is 137 Å². The Balaban J connectivity index is 0.000000231. The highest BCUT2D eigenvalue weighted by Gasteiger charge is 2.03. The number of hydrogen-bond acceptors (Lipinski definition) is 2. The van der Waals surface area contributed by atoms with Gasteiger partial charge in [-0.1, -0.05) is 45.0 Å². The van der Waals surface area contributed by atoms with Gasteiger partial charge in [-0.3, -0.25) is 9.59 Å². The van der Waals surface area contributed by atoms with E-state index in [1.54, 1.807) is 18.2 Å². The predicted octanol–water partition coefficient (Wildman–Crippen LogP) is 3.26. The third-order valence-electron chi connectivity index (χ3n) is 3.48. The molecule has 0 aliphatic carbocycles. The average molecular weight is 312 g/mol. The standard InChI is InChI=1S/C10H13NO.C9H11NO/c1-7(2)8-4-3-5-9(6-8)10(11)12;1-2-7-3-5-8(6-4-7)9(10)11/h3-7H,1-2H3,(H2,11,12);3-6H,2H2,1H3,(H2,10,11). The quantitative estimate of drug-likeness (QED) is 0.908. The molecule has 0 saturated carbocycles. The van der Waals surface area contributed by atoms with Crippen LogP contribution < -0.4 is 11.5 Å². The molecule has 0 bridgehead atoms. The van der Waals surface area contributed by atoms with Crippen LogP contribution in [-0.4, -0.2) is 11.8 Å². The van der Waals surface area contributed by atoms with Crippen LogP contribution in [0.25, 0.3) is 0 Å². The maximum absolute atomic E-state index is 10.8. The molecule has 0 radical (unpaired) electrons. The summed E-state index contributed by atoms with van der Waals surface area (Å²) in [5, 5.41) is 0. The number of aryl methyl sites for hydroxylation is 1. The first-order valence-corrected chi connectivity index (χ1v) is 7.63. The van der Waals surface area contributed by atoms with Crippen LogP contribution in [0.5, 0.6) is 0 Å². The lowest BCUT2D eigenvalue weighted by Crippen LogP contribution is -2.11. The molecule has 4 N–H and O–H groups in total. The molecule has 4 heteroatoms. The summed E-state index contributed by atoms with van der Waals surface area (Å²) in [5.41, 5.74) is 13.7. The van der Waals surface area contributed by atoms with Crippen molar-refractivity contribution in [3.05, 3.63) is 70.8 Å². The summed E-state index contributed by atoms with van der Waals surface area (Å²) >= 11 is 0. The Morgan fingerprint density at radius 1 is 0.913 bits per heavy atom. The molecule has 2 aromatic carbocycles. The minimum atomic E-state index is -0.368. The zero-order valence-electron chi connectivity index (χ0n) is 13.9. The second-order valence-corrected chi connectivity index (χ2v) is 5.56. The highest BCUT2D eigenvalue weighted by Crippen LogP contribution is 2.14. The molecule has 0 heterocycles. The van der Waals surface area contributed by atoms with Gasteiger partial charge in [0, 0.05) is 11.1 Å². The first-order chi connectivity index (χ1) is 10.8. The second kappa shape index (κ2) is 8.73. The summed E-state index contributed by atoms with van der Waals surface area (Å²) in [6.45, 7) is 6.24. The van der Waals surface area contributed by atoms with Gasteiger partial charge < -0.3 is 11.5 Å². The highest BCUT2D eigenvalue weighted by atomic mass is 16.1. The molecular weight excluding hydrogens is 288 g/mol. The lowest BCUT2D eigenvalue weighted by molar-refractivity contribution is 0.0992. The summed E-state index contributed by atoms with van der Waals surface area (Å²) in [4.78, 5) is 21.4. The zero-order chi connectivity index (χ0) is 17.4. The Kier molecular flexibility index (Phi) is 7.00. The van der Waals surface area contributed by atoms with Crippen molar-refractivity contribution in [3.63, 3.8) is 0 Å². The number of primary amides is 2. The molecule has 0 spiro atoms. The van der Waals surface area contributed by atoms with Crippen molar-refractivity contribution in [1.82, 2.24) is 0 Å². The molecule has 0 atom stereocenters. The Morgan fingerprint density at radius 2 is 1.48 bits per heavy atom. The normalized spacial score (nSPS) is 9.91. The number of rotatable bonds is 4. The van der Waals surface area contributed by atoms with Crippen molar-refractivity contribution in [2.24, 2.45) is 11.5 Å². The van der Waals surface area contributed by atoms with Crippen LogP contribution >= 0.6 is 0 Å². The van der Waals surface area contributed by atoms with Crippen LogP contribution in [0.2, 0.25) is 0 Å². The molecular formula is C19H24N2O2. The van der Waals surface area contributed by atoms with Gasteiger partial charge in [-0.25, -0.2) is 0 Å². The number of hydrogen-bond donors (Lipinski definition) is 2. The summed E-state index contributed by atoms with van der Waals surface area (Å²) < 4.78 is 0. The fourth-order valence-corrected chi connectivity index (χ4v) is 1.96. The molecule has 2 rings (SSSR count). The topological polar surface area (TPSA) is 86.2 Å². The van der Waals surface area contributed by atoms with E-state index in [2.05, 4.69) is 20.8 Å². The number of carbonyl (C=O) groups excluding carboxylic acids is 2. The molecule has 4 nitrogen and oxygen atoms in total. The van der Waals surface area contributed by atoms with Crippen molar-refractivity contribution in [2.45, 2.75) is 33.1 Å². The third-order valence-corrected chi connectivity index (χ3v) is 3.48. The van der Waals surface area contributed by atoms with Gasteiger partial charge in [-0.15, -0.1) is 0 Å². The number of carbonyl (C=O) groups is 2. The fraction of sp³-hybridized carbons (Fsp3) is 0.263. The fourth-order valence-electron chi connectivity index (χ4n) is 1.96. The van der Waals surface area contributed by atoms with Gasteiger partial charge in [0.05, 0.1) is 0 Å². The van der Waals surface area contributed by atoms with Gasteiger partial charge in [0.2, 0.25) is 11.8 Å². The van der Waals surface area contributed by atoms with E-state index >= 15 is 0 Å². The van der Waals surface area contributed by atoms with Crippen molar-refractivity contribution in [1.29, 1.82) is 0 Å². The minimum absolute atomic E-state index is 0.363. The van der Waals surface area contributed by atoms with Gasteiger partial charge >= 0.3 is 0 Å². The van der Waals surface area contributed by atoms with E-state index in [0.717, 1.165) is 12.0 Å². The van der Waals surface area contributed by atoms with Crippen LogP contribution in [0.15, 0.2) is 48.5 Å². The maximum atomic E-state index is 10.8. The molecule has 0 saturated heterocycles. The lowest BCUT2D eigenvalue weighted by atomic mass is 10.0. The van der Waals surface area contributed by atoms with Crippen LogP contribution in [0.3, 0.4) is 0 Å². The predicted molar refractivity (Wildman–Crippen MR) is 93.4 cm³/mol. The molecule has 122 valence electrons. The van der Waals surface area contributed by atoms with E-state index in [4.69, 9.17) is 11.5 Å². The molecule has 2 aromatic rings. The van der Waals surface area contributed by atoms with E-state index in [9.17, 15) is 9.59 Å². The van der Waals surface area contributed by atoms with Crippen LogP contribution in [-0.2, 0) is 6.42 Å². The van der Waals surface area contributed by atoms with Gasteiger partial charge in [0.25, 0.3) is 0 Å². The van der Waals surface area contributed by atoms with E-state index in [1.807, 2.05) is 30.3 Å². The Hall–Kier alpha value is -2.62. The van der Waals surface area contributed by atoms with Crippen LogP contribution in [0, 0.1) is 0 Å². The first kappa shape index (κ1) is 18.4. The molecule has 0 fully saturated rings. The van der Waals surface area contributed by atoms with Crippen LogP contribution in [0.1, 0.15) is 58.5 Å². The zero-order valence-corrected chi connectivity index (χ0v) is 13.9. The number of benzene rings is 2. The van der Waals surface area contributed by atoms with Crippen molar-refractivity contribution < 1.29 is 9.59 Å². The van der Waals surface area contributed by atoms with Crippen molar-refractivity contribution >= 4 is 11.8 Å². The van der Waals surface area contributed by atoms with E-state index in [0.29, 0.717) is 17.0 Å². The smallest absolute Gasteiger partial charge is 0.248 e. The maximum Gasteiger partial charge on any atom is 0.248 e. The number of amides is 2. The average Bonchev–Trinajstić information content (AvgIpc) is 2.55. The van der Waals surface area contributed by atoms with Gasteiger partial charge in [-0.05, 0) is 47.7 Å². The highest BCUT2D eigenvalue weighted by molar-refractivity contribution is 5.93. The summed E-state index contributed by atoms with van der Waals surface area (Å²) in [6, 6.07) is 14.8. The molecule has 2 amide bonds. The molecule has 0 aliphatic heterocycles. The van der Waals surface area contributed by atoms with Gasteiger partial charge in [-0.2, -0.15) is 0 Å². The summed E-state index contributed by atoms with van der Waals surface area (Å²) in [6.07, 6.45) is 0.985. The SMILES string of the molecule is CC(C)c1cccc(C(N)=O)c1.CCc1ccc(C(N)=O)cc1. The first-order valence-electron chi connectivity index (χ1n) is 7.63. The van der Waals surface area contributed by atoms with Crippen LogP contribution in [0.4, 0.5) is 0 Å². The number of nitrogens with two attached hydrogens (primary N) is 2. The molecule has 23 heavy (non-hydrogen) atoms. The van der Waals surface area contributed by atoms with Gasteiger partial charge in [0.1, 0.15) is 0 Å². The Bertz CT molecular complexity index is 661. The molecule has 0 aromatic heterocycles. The van der Waals surface area contributed by atoms with Crippen molar-refractivity contribution in [2.75, 3.05) is 0 Å². The lowest BCUT2D eigenvalue weighted by Gasteiger charge is -2.05. The molecule has 0 aliphatic rings. The summed E-state index contributed by atoms with van der Waals surface area (Å²) in [5.74, 6) is -0.297. The third kappa shape index (κ3) is 5.94. The monoisotopic (exact) mass is 312 g/mol. The summed E-state index contributed by atoms with van der Waals surface area (Å²) in [7, 11) is 0. The minimum Gasteiger partial charge on any atom is -0.366 e. The Morgan fingerprint density at radius 3 is 1.91 bits per heavy atom. The van der Waals surface area contributed by atoms with Crippen molar-refractivity contribution in [3.8, 4) is 0 Å². The largest absolute Gasteiger partial charge is 0.366 e. The van der Waals surface area contributed by atoms with E-state index < -0.39 is 0 Å². The van der Waals surface area contributed by atoms with E-state index in [-0.39, 0.29) is 11.8 Å². The van der Waals surface area contributed by atoms with E-state index in [1.165, 1.54) is 5.56 Å².